The minimum absolute atomic E-state index is 0.218. The summed E-state index contributed by atoms with van der Waals surface area (Å²) < 4.78 is 1.35. The molecule has 0 saturated carbocycles. The van der Waals surface area contributed by atoms with Gasteiger partial charge in [-0.25, -0.2) is 9.59 Å². The van der Waals surface area contributed by atoms with Gasteiger partial charge in [0.05, 0.1) is 0 Å². The molecule has 196 valence electrons. The lowest BCUT2D eigenvalue weighted by Gasteiger charge is -2.24. The van der Waals surface area contributed by atoms with Crippen LogP contribution in [0.5, 0.6) is 0 Å². The minimum Gasteiger partial charge on any atom is -0.480 e. The Balaban J connectivity index is 0.000000269. The quantitative estimate of drug-likeness (QED) is 0.559. The maximum atomic E-state index is 12.5. The summed E-state index contributed by atoms with van der Waals surface area (Å²) in [6, 6.07) is 7.22. The molecule has 1 aliphatic rings. The Bertz CT molecular complexity index is 1070. The van der Waals surface area contributed by atoms with E-state index in [2.05, 4.69) is 15.6 Å². The number of nitrogens with one attached hydrogen (secondary N) is 2. The molecule has 0 bridgehead atoms. The van der Waals surface area contributed by atoms with Crippen LogP contribution in [-0.2, 0) is 24.7 Å². The molecule has 2 heterocycles. The third kappa shape index (κ3) is 8.83. The fourth-order valence-corrected chi connectivity index (χ4v) is 3.96. The van der Waals surface area contributed by atoms with Gasteiger partial charge in [0.15, 0.2) is 0 Å². The maximum Gasteiger partial charge on any atom is 0.349 e. The molecule has 1 fully saturated rings. The molecular weight excluding hydrogens is 462 g/mol. The SMILES string of the molecule is CCc1cccc(CC)c1C(=O)Nc1ccn(C)c(=O)n1.O=C(O)CNC(=O)N1CCCCCCC1. The molecule has 1 aliphatic heterocycles. The second-order valence-electron chi connectivity index (χ2n) is 8.63. The smallest absolute Gasteiger partial charge is 0.349 e. The number of carboxylic acids is 1. The van der Waals surface area contributed by atoms with Gasteiger partial charge in [0, 0.05) is 31.9 Å². The third-order valence-electron chi connectivity index (χ3n) is 5.98. The number of carbonyl (C=O) groups is 3. The molecule has 0 spiro atoms. The summed E-state index contributed by atoms with van der Waals surface area (Å²) in [5.41, 5.74) is 2.28. The lowest BCUT2D eigenvalue weighted by Crippen LogP contribution is -2.43. The summed E-state index contributed by atoms with van der Waals surface area (Å²) >= 11 is 0. The highest BCUT2D eigenvalue weighted by atomic mass is 16.4. The molecule has 2 aromatic rings. The van der Waals surface area contributed by atoms with E-state index in [1.807, 2.05) is 32.0 Å². The number of aliphatic carboxylic acids is 1. The van der Waals surface area contributed by atoms with Gasteiger partial charge in [0.2, 0.25) is 0 Å². The lowest BCUT2D eigenvalue weighted by molar-refractivity contribution is -0.135. The highest BCUT2D eigenvalue weighted by Gasteiger charge is 2.16. The van der Waals surface area contributed by atoms with Gasteiger partial charge < -0.3 is 25.2 Å². The number of carboxylic acid groups (broad SMARTS) is 1. The second kappa shape index (κ2) is 14.7. The first kappa shape index (κ1) is 28.5. The fraction of sp³-hybridized carbons (Fsp3) is 0.500. The number of likely N-dealkylation sites (tertiary alicyclic amines) is 1. The number of carbonyl (C=O) groups excluding carboxylic acids is 2. The summed E-state index contributed by atoms with van der Waals surface area (Å²) in [5.74, 6) is -0.948. The number of amides is 3. The van der Waals surface area contributed by atoms with E-state index in [1.165, 1.54) is 11.0 Å². The van der Waals surface area contributed by atoms with Crippen molar-refractivity contribution in [3.8, 4) is 0 Å². The summed E-state index contributed by atoms with van der Waals surface area (Å²) in [5, 5.41) is 13.5. The number of anilines is 1. The molecule has 10 heteroatoms. The molecule has 3 amide bonds. The Morgan fingerprint density at radius 1 is 0.972 bits per heavy atom. The molecule has 1 saturated heterocycles. The Morgan fingerprint density at radius 3 is 2.08 bits per heavy atom. The van der Waals surface area contributed by atoms with E-state index < -0.39 is 11.7 Å². The fourth-order valence-electron chi connectivity index (χ4n) is 3.96. The van der Waals surface area contributed by atoms with E-state index >= 15 is 0 Å². The Hall–Kier alpha value is -3.69. The second-order valence-corrected chi connectivity index (χ2v) is 8.63. The van der Waals surface area contributed by atoms with Crippen LogP contribution in [0.1, 0.15) is 67.4 Å². The van der Waals surface area contributed by atoms with Crippen LogP contribution in [0, 0.1) is 0 Å². The number of aryl methyl sites for hydroxylation is 3. The zero-order valence-electron chi connectivity index (χ0n) is 21.4. The van der Waals surface area contributed by atoms with Crippen molar-refractivity contribution in [2.75, 3.05) is 25.0 Å². The molecule has 3 N–H and O–H groups in total. The van der Waals surface area contributed by atoms with Gasteiger partial charge in [-0.05, 0) is 42.9 Å². The summed E-state index contributed by atoms with van der Waals surface area (Å²) in [7, 11) is 1.61. The summed E-state index contributed by atoms with van der Waals surface area (Å²) in [6.07, 6.45) is 8.72. The molecule has 10 nitrogen and oxygen atoms in total. The number of hydrogen-bond donors (Lipinski definition) is 3. The van der Waals surface area contributed by atoms with Crippen LogP contribution >= 0.6 is 0 Å². The van der Waals surface area contributed by atoms with Crippen molar-refractivity contribution in [3.05, 3.63) is 57.6 Å². The number of urea groups is 1. The number of hydrogen-bond acceptors (Lipinski definition) is 5. The molecule has 0 radical (unpaired) electrons. The first-order valence-corrected chi connectivity index (χ1v) is 12.5. The lowest BCUT2D eigenvalue weighted by atomic mass is 9.97. The number of benzene rings is 1. The van der Waals surface area contributed by atoms with Crippen molar-refractivity contribution >= 4 is 23.7 Å². The number of nitrogens with zero attached hydrogens (tertiary/aromatic N) is 3. The van der Waals surface area contributed by atoms with Gasteiger partial charge in [0.25, 0.3) is 5.91 Å². The zero-order chi connectivity index (χ0) is 26.5. The van der Waals surface area contributed by atoms with Crippen molar-refractivity contribution in [3.63, 3.8) is 0 Å². The number of aromatic nitrogens is 2. The van der Waals surface area contributed by atoms with Gasteiger partial charge in [0.1, 0.15) is 12.4 Å². The van der Waals surface area contributed by atoms with Crippen LogP contribution in [0.4, 0.5) is 10.6 Å². The molecule has 1 aromatic carbocycles. The average molecular weight is 500 g/mol. The van der Waals surface area contributed by atoms with Gasteiger partial charge in [-0.3, -0.25) is 9.59 Å². The van der Waals surface area contributed by atoms with Crippen LogP contribution in [-0.4, -0.2) is 57.1 Å². The molecular formula is C26H37N5O5. The monoisotopic (exact) mass is 499 g/mol. The van der Waals surface area contributed by atoms with Crippen molar-refractivity contribution in [1.29, 1.82) is 0 Å². The third-order valence-corrected chi connectivity index (χ3v) is 5.98. The molecule has 0 aliphatic carbocycles. The van der Waals surface area contributed by atoms with E-state index in [4.69, 9.17) is 5.11 Å². The van der Waals surface area contributed by atoms with E-state index in [-0.39, 0.29) is 24.3 Å². The Kier molecular flexibility index (Phi) is 11.6. The molecule has 36 heavy (non-hydrogen) atoms. The normalized spacial score (nSPS) is 13.5. The van der Waals surface area contributed by atoms with Gasteiger partial charge in [-0.15, -0.1) is 0 Å². The number of rotatable bonds is 6. The Labute approximate surface area is 211 Å². The Morgan fingerprint density at radius 2 is 1.56 bits per heavy atom. The zero-order valence-corrected chi connectivity index (χ0v) is 21.4. The van der Waals surface area contributed by atoms with Crippen molar-refractivity contribution in [2.45, 2.75) is 58.8 Å². The van der Waals surface area contributed by atoms with Gasteiger partial charge in [-0.2, -0.15) is 4.98 Å². The first-order chi connectivity index (χ1) is 17.3. The van der Waals surface area contributed by atoms with Gasteiger partial charge >= 0.3 is 17.7 Å². The summed E-state index contributed by atoms with van der Waals surface area (Å²) in [6.45, 7) is 5.22. The van der Waals surface area contributed by atoms with Crippen LogP contribution in [0.15, 0.2) is 35.3 Å². The van der Waals surface area contributed by atoms with Crippen molar-refractivity contribution in [1.82, 2.24) is 19.8 Å². The van der Waals surface area contributed by atoms with Gasteiger partial charge in [-0.1, -0.05) is 51.3 Å². The van der Waals surface area contributed by atoms with Crippen LogP contribution in [0.25, 0.3) is 0 Å². The molecule has 0 unspecified atom stereocenters. The standard InChI is InChI=1S/C16H19N3O2.C10H18N2O3/c1-4-11-7-6-8-12(5-2)14(11)15(20)17-13-9-10-19(3)16(21)18-13;13-9(14)8-11-10(15)12-6-4-2-1-3-5-7-12/h6-10H,4-5H2,1-3H3,(H,17,18,20,21);1-8H2,(H,11,15)(H,13,14). The molecule has 0 atom stereocenters. The largest absolute Gasteiger partial charge is 0.480 e. The van der Waals surface area contributed by atoms with E-state index in [9.17, 15) is 19.2 Å². The van der Waals surface area contributed by atoms with E-state index in [0.29, 0.717) is 5.56 Å². The predicted octanol–water partition coefficient (Wildman–Crippen LogP) is 3.20. The van der Waals surface area contributed by atoms with Crippen LogP contribution in [0.3, 0.4) is 0 Å². The minimum atomic E-state index is -1.00. The highest BCUT2D eigenvalue weighted by Crippen LogP contribution is 2.18. The van der Waals surface area contributed by atoms with Crippen LogP contribution < -0.4 is 16.3 Å². The van der Waals surface area contributed by atoms with Crippen molar-refractivity contribution < 1.29 is 19.5 Å². The van der Waals surface area contributed by atoms with Crippen molar-refractivity contribution in [2.24, 2.45) is 7.05 Å². The molecule has 3 rings (SSSR count). The average Bonchev–Trinajstić information content (AvgIpc) is 2.84. The first-order valence-electron chi connectivity index (χ1n) is 12.5. The predicted molar refractivity (Wildman–Crippen MR) is 138 cm³/mol. The van der Waals surface area contributed by atoms with E-state index in [0.717, 1.165) is 62.7 Å². The molecule has 1 aromatic heterocycles. The topological polar surface area (TPSA) is 134 Å². The van der Waals surface area contributed by atoms with Crippen LogP contribution in [0.2, 0.25) is 0 Å². The highest BCUT2D eigenvalue weighted by molar-refractivity contribution is 6.05. The maximum absolute atomic E-state index is 12.5. The van der Waals surface area contributed by atoms with E-state index in [1.54, 1.807) is 24.2 Å². The summed E-state index contributed by atoms with van der Waals surface area (Å²) in [4.78, 5) is 51.3.